The summed E-state index contributed by atoms with van der Waals surface area (Å²) in [7, 11) is 0. The number of anilines is 1. The molecule has 1 heterocycles. The smallest absolute Gasteiger partial charge is 0.139 e. The number of nitrogens with two attached hydrogens (primary N) is 2. The number of hydrogen-bond acceptors (Lipinski definition) is 3. The van der Waals surface area contributed by atoms with Crippen molar-refractivity contribution in [1.29, 1.82) is 0 Å². The van der Waals surface area contributed by atoms with Crippen molar-refractivity contribution in [3.8, 4) is 0 Å². The van der Waals surface area contributed by atoms with Crippen LogP contribution in [0.1, 0.15) is 31.2 Å². The van der Waals surface area contributed by atoms with Crippen LogP contribution in [0.3, 0.4) is 0 Å². The molecular weight excluding hydrogens is 193 g/mol. The van der Waals surface area contributed by atoms with Gasteiger partial charge in [0, 0.05) is 17.8 Å². The fraction of sp³-hybridized carbons (Fsp3) is 0.545. The SMILES string of the molecule is Nc1ncccc1C1(F)CCC(N)CC1. The van der Waals surface area contributed by atoms with E-state index < -0.39 is 5.67 Å². The zero-order valence-corrected chi connectivity index (χ0v) is 8.62. The Bertz CT molecular complexity index is 345. The van der Waals surface area contributed by atoms with E-state index in [0.29, 0.717) is 37.1 Å². The van der Waals surface area contributed by atoms with Crippen LogP contribution < -0.4 is 11.5 Å². The number of alkyl halides is 1. The van der Waals surface area contributed by atoms with E-state index in [2.05, 4.69) is 4.98 Å². The van der Waals surface area contributed by atoms with Gasteiger partial charge in [-0.2, -0.15) is 0 Å². The van der Waals surface area contributed by atoms with Crippen LogP contribution in [-0.4, -0.2) is 11.0 Å². The van der Waals surface area contributed by atoms with E-state index in [0.717, 1.165) is 0 Å². The van der Waals surface area contributed by atoms with E-state index in [-0.39, 0.29) is 6.04 Å². The monoisotopic (exact) mass is 209 g/mol. The van der Waals surface area contributed by atoms with Crippen LogP contribution in [0, 0.1) is 0 Å². The molecule has 1 fully saturated rings. The molecule has 0 saturated heterocycles. The van der Waals surface area contributed by atoms with Crippen molar-refractivity contribution in [2.75, 3.05) is 5.73 Å². The standard InChI is InChI=1S/C11H16FN3/c12-11(5-3-8(13)4-6-11)9-2-1-7-15-10(9)14/h1-2,7-8H,3-6,13H2,(H2,14,15). The van der Waals surface area contributed by atoms with E-state index in [4.69, 9.17) is 11.5 Å². The average molecular weight is 209 g/mol. The molecule has 0 spiro atoms. The molecule has 4 heteroatoms. The second-order valence-corrected chi connectivity index (χ2v) is 4.24. The van der Waals surface area contributed by atoms with Gasteiger partial charge in [-0.15, -0.1) is 0 Å². The number of hydrogen-bond donors (Lipinski definition) is 2. The molecule has 0 bridgehead atoms. The molecule has 0 radical (unpaired) electrons. The van der Waals surface area contributed by atoms with Crippen molar-refractivity contribution in [3.05, 3.63) is 23.9 Å². The largest absolute Gasteiger partial charge is 0.383 e. The summed E-state index contributed by atoms with van der Waals surface area (Å²) < 4.78 is 14.6. The zero-order chi connectivity index (χ0) is 10.9. The average Bonchev–Trinajstić information content (AvgIpc) is 2.23. The van der Waals surface area contributed by atoms with Crippen molar-refractivity contribution >= 4 is 5.82 Å². The first-order chi connectivity index (χ1) is 7.12. The molecule has 3 nitrogen and oxygen atoms in total. The van der Waals surface area contributed by atoms with Crippen LogP contribution in [0.25, 0.3) is 0 Å². The maximum atomic E-state index is 14.6. The summed E-state index contributed by atoms with van der Waals surface area (Å²) in [5.41, 5.74) is 10.6. The Labute approximate surface area is 88.7 Å². The summed E-state index contributed by atoms with van der Waals surface area (Å²) in [6.07, 6.45) is 3.90. The minimum atomic E-state index is -1.33. The minimum Gasteiger partial charge on any atom is -0.383 e. The van der Waals surface area contributed by atoms with Gasteiger partial charge in [-0.3, -0.25) is 0 Å². The summed E-state index contributed by atoms with van der Waals surface area (Å²) in [5, 5.41) is 0. The first-order valence-electron chi connectivity index (χ1n) is 5.27. The van der Waals surface area contributed by atoms with Crippen LogP contribution in [0.2, 0.25) is 0 Å². The van der Waals surface area contributed by atoms with Crippen LogP contribution >= 0.6 is 0 Å². The third kappa shape index (κ3) is 1.95. The summed E-state index contributed by atoms with van der Waals surface area (Å²) in [6, 6.07) is 3.58. The topological polar surface area (TPSA) is 64.9 Å². The number of aromatic nitrogens is 1. The Hall–Kier alpha value is -1.16. The molecule has 0 atom stereocenters. The summed E-state index contributed by atoms with van der Waals surface area (Å²) in [5.74, 6) is 0.301. The summed E-state index contributed by atoms with van der Waals surface area (Å²) in [6.45, 7) is 0. The predicted octanol–water partition coefficient (Wildman–Crippen LogP) is 1.73. The second-order valence-electron chi connectivity index (χ2n) is 4.24. The van der Waals surface area contributed by atoms with E-state index >= 15 is 0 Å². The van der Waals surface area contributed by atoms with Gasteiger partial charge in [-0.05, 0) is 31.7 Å². The normalized spacial score (nSPS) is 31.5. The lowest BCUT2D eigenvalue weighted by molar-refractivity contribution is 0.0984. The molecular formula is C11H16FN3. The Morgan fingerprint density at radius 2 is 2.07 bits per heavy atom. The van der Waals surface area contributed by atoms with Crippen molar-refractivity contribution in [2.45, 2.75) is 37.4 Å². The molecule has 1 aromatic heterocycles. The molecule has 1 aromatic rings. The predicted molar refractivity (Wildman–Crippen MR) is 57.9 cm³/mol. The summed E-state index contributed by atoms with van der Waals surface area (Å²) in [4.78, 5) is 3.93. The number of rotatable bonds is 1. The molecule has 82 valence electrons. The maximum absolute atomic E-state index is 14.6. The highest BCUT2D eigenvalue weighted by Gasteiger charge is 2.37. The van der Waals surface area contributed by atoms with Crippen LogP contribution in [0.5, 0.6) is 0 Å². The highest BCUT2D eigenvalue weighted by atomic mass is 19.1. The number of halogens is 1. The van der Waals surface area contributed by atoms with Crippen molar-refractivity contribution < 1.29 is 4.39 Å². The lowest BCUT2D eigenvalue weighted by atomic mass is 9.79. The van der Waals surface area contributed by atoms with Gasteiger partial charge in [-0.1, -0.05) is 6.07 Å². The first kappa shape index (κ1) is 10.4. The van der Waals surface area contributed by atoms with Gasteiger partial charge in [0.2, 0.25) is 0 Å². The van der Waals surface area contributed by atoms with Gasteiger partial charge in [0.15, 0.2) is 0 Å². The quantitative estimate of drug-likeness (QED) is 0.740. The second kappa shape index (κ2) is 3.77. The Morgan fingerprint density at radius 3 is 2.67 bits per heavy atom. The highest BCUT2D eigenvalue weighted by molar-refractivity contribution is 5.43. The maximum Gasteiger partial charge on any atom is 0.139 e. The van der Waals surface area contributed by atoms with Crippen LogP contribution in [0.4, 0.5) is 10.2 Å². The third-order valence-electron chi connectivity index (χ3n) is 3.14. The molecule has 1 aliphatic rings. The van der Waals surface area contributed by atoms with Gasteiger partial charge < -0.3 is 11.5 Å². The van der Waals surface area contributed by atoms with Crippen LogP contribution in [-0.2, 0) is 5.67 Å². The lowest BCUT2D eigenvalue weighted by Crippen LogP contribution is -2.34. The molecule has 0 aliphatic heterocycles. The Morgan fingerprint density at radius 1 is 1.40 bits per heavy atom. The molecule has 1 aliphatic carbocycles. The molecule has 15 heavy (non-hydrogen) atoms. The molecule has 0 amide bonds. The molecule has 0 aromatic carbocycles. The van der Waals surface area contributed by atoms with Gasteiger partial charge in [0.1, 0.15) is 11.5 Å². The Kier molecular flexibility index (Phi) is 2.61. The molecule has 4 N–H and O–H groups in total. The van der Waals surface area contributed by atoms with Gasteiger partial charge in [-0.25, -0.2) is 9.37 Å². The fourth-order valence-corrected chi connectivity index (χ4v) is 2.16. The van der Waals surface area contributed by atoms with Gasteiger partial charge in [0.05, 0.1) is 0 Å². The van der Waals surface area contributed by atoms with Crippen LogP contribution in [0.15, 0.2) is 18.3 Å². The number of nitrogens with zero attached hydrogens (tertiary/aromatic N) is 1. The van der Waals surface area contributed by atoms with Gasteiger partial charge in [0.25, 0.3) is 0 Å². The first-order valence-corrected chi connectivity index (χ1v) is 5.27. The molecule has 2 rings (SSSR count). The fourth-order valence-electron chi connectivity index (χ4n) is 2.16. The van der Waals surface area contributed by atoms with E-state index in [1.54, 1.807) is 18.3 Å². The Balaban J connectivity index is 2.26. The highest BCUT2D eigenvalue weighted by Crippen LogP contribution is 2.41. The van der Waals surface area contributed by atoms with Crippen molar-refractivity contribution in [1.82, 2.24) is 4.98 Å². The van der Waals surface area contributed by atoms with Crippen molar-refractivity contribution in [2.24, 2.45) is 5.73 Å². The lowest BCUT2D eigenvalue weighted by Gasteiger charge is -2.33. The molecule has 0 unspecified atom stereocenters. The molecule has 1 saturated carbocycles. The minimum absolute atomic E-state index is 0.131. The van der Waals surface area contributed by atoms with Gasteiger partial charge >= 0.3 is 0 Å². The third-order valence-corrected chi connectivity index (χ3v) is 3.14. The zero-order valence-electron chi connectivity index (χ0n) is 8.62. The van der Waals surface area contributed by atoms with E-state index in [9.17, 15) is 4.39 Å². The van der Waals surface area contributed by atoms with E-state index in [1.807, 2.05) is 0 Å². The van der Waals surface area contributed by atoms with Crippen molar-refractivity contribution in [3.63, 3.8) is 0 Å². The number of nitrogen functional groups attached to an aromatic ring is 1. The number of pyridine rings is 1. The van der Waals surface area contributed by atoms with E-state index in [1.165, 1.54) is 0 Å². The summed E-state index contributed by atoms with van der Waals surface area (Å²) >= 11 is 0.